The lowest BCUT2D eigenvalue weighted by Gasteiger charge is -2.25. The van der Waals surface area contributed by atoms with Crippen molar-refractivity contribution in [2.75, 3.05) is 10.3 Å². The maximum Gasteiger partial charge on any atom is 0.265 e. The number of hydrazone groups is 1. The predicted molar refractivity (Wildman–Crippen MR) is 158 cm³/mol. The molecule has 0 aromatic heterocycles. The van der Waals surface area contributed by atoms with Gasteiger partial charge in [0.1, 0.15) is 11.6 Å². The van der Waals surface area contributed by atoms with E-state index < -0.39 is 12.0 Å². The Morgan fingerprint density at radius 3 is 2.33 bits per heavy atom. The van der Waals surface area contributed by atoms with E-state index in [-0.39, 0.29) is 35.4 Å². The fraction of sp³-hybridized carbons (Fsp3) is 0.312. The lowest BCUT2D eigenvalue weighted by atomic mass is 9.82. The molecular formula is C32H36N4O4. The molecule has 1 atom stereocenters. The summed E-state index contributed by atoms with van der Waals surface area (Å²) in [5.41, 5.74) is 2.68. The van der Waals surface area contributed by atoms with Crippen molar-refractivity contribution in [3.8, 4) is 5.75 Å². The van der Waals surface area contributed by atoms with E-state index in [9.17, 15) is 14.4 Å². The highest BCUT2D eigenvalue weighted by molar-refractivity contribution is 6.18. The molecule has 1 aliphatic rings. The summed E-state index contributed by atoms with van der Waals surface area (Å²) in [5.74, 6) is -0.183. The zero-order valence-corrected chi connectivity index (χ0v) is 23.6. The summed E-state index contributed by atoms with van der Waals surface area (Å²) in [6.45, 7) is 10.4. The molecule has 0 bridgehead atoms. The van der Waals surface area contributed by atoms with E-state index in [4.69, 9.17) is 4.74 Å². The standard InChI is InChI=1S/C32H36N4O4/c1-6-32(4,5)23-15-17-26(18-16-23)40-29(21(2)3)31(39)33-24-12-10-11-22(19-24)30(38)34-27-20-28(37)36(35-27)25-13-8-7-9-14-25/h7-19,21,29H,6,20H2,1-5H3,(H,33,39)(H,34,35,38)/t29-/m1/s1. The van der Waals surface area contributed by atoms with Crippen LogP contribution in [-0.2, 0) is 15.0 Å². The number of nitrogens with one attached hydrogen (secondary N) is 2. The molecule has 3 aromatic carbocycles. The van der Waals surface area contributed by atoms with Gasteiger partial charge >= 0.3 is 0 Å². The highest BCUT2D eigenvalue weighted by Gasteiger charge is 2.28. The lowest BCUT2D eigenvalue weighted by molar-refractivity contribution is -0.124. The number of benzene rings is 3. The van der Waals surface area contributed by atoms with Crippen molar-refractivity contribution in [3.05, 3.63) is 90.0 Å². The monoisotopic (exact) mass is 540 g/mol. The van der Waals surface area contributed by atoms with Crippen LogP contribution in [0.15, 0.2) is 84.0 Å². The van der Waals surface area contributed by atoms with E-state index in [2.05, 4.69) is 36.5 Å². The third-order valence-corrected chi connectivity index (χ3v) is 7.07. The molecule has 0 unspecified atom stereocenters. The fourth-order valence-corrected chi connectivity index (χ4v) is 4.25. The van der Waals surface area contributed by atoms with E-state index in [0.717, 1.165) is 6.42 Å². The summed E-state index contributed by atoms with van der Waals surface area (Å²) in [4.78, 5) is 38.5. The number of ether oxygens (including phenoxy) is 1. The molecule has 208 valence electrons. The largest absolute Gasteiger partial charge is 0.480 e. The number of carbonyl (C=O) groups is 3. The number of amides is 3. The van der Waals surface area contributed by atoms with E-state index in [1.165, 1.54) is 10.6 Å². The Bertz CT molecular complexity index is 1400. The normalized spacial score (nSPS) is 14.1. The zero-order valence-electron chi connectivity index (χ0n) is 23.6. The second-order valence-electron chi connectivity index (χ2n) is 10.8. The van der Waals surface area contributed by atoms with Gasteiger partial charge in [0.15, 0.2) is 6.10 Å². The second kappa shape index (κ2) is 12.2. The summed E-state index contributed by atoms with van der Waals surface area (Å²) in [7, 11) is 0. The molecule has 0 aliphatic carbocycles. The second-order valence-corrected chi connectivity index (χ2v) is 10.8. The van der Waals surface area contributed by atoms with Crippen LogP contribution in [0.3, 0.4) is 0 Å². The van der Waals surface area contributed by atoms with E-state index in [1.807, 2.05) is 56.3 Å². The van der Waals surface area contributed by atoms with Crippen LogP contribution >= 0.6 is 0 Å². The summed E-state index contributed by atoms with van der Waals surface area (Å²) in [6.07, 6.45) is 0.270. The van der Waals surface area contributed by atoms with Crippen LogP contribution in [-0.4, -0.2) is 29.7 Å². The van der Waals surface area contributed by atoms with E-state index in [1.54, 1.807) is 36.4 Å². The van der Waals surface area contributed by atoms with Crippen LogP contribution in [0.5, 0.6) is 5.75 Å². The molecular weight excluding hydrogens is 504 g/mol. The van der Waals surface area contributed by atoms with Crippen molar-refractivity contribution in [1.29, 1.82) is 0 Å². The Hall–Kier alpha value is -4.46. The smallest absolute Gasteiger partial charge is 0.265 e. The number of para-hydroxylation sites is 1. The summed E-state index contributed by atoms with van der Waals surface area (Å²) in [6, 6.07) is 23.5. The molecule has 1 heterocycles. The number of hydrogen-bond donors (Lipinski definition) is 2. The van der Waals surface area contributed by atoms with Gasteiger partial charge in [-0.1, -0.05) is 71.0 Å². The van der Waals surface area contributed by atoms with Gasteiger partial charge in [-0.15, -0.1) is 0 Å². The maximum absolute atomic E-state index is 13.2. The number of hydrogen-bond acceptors (Lipinski definition) is 5. The predicted octanol–water partition coefficient (Wildman–Crippen LogP) is 5.90. The third kappa shape index (κ3) is 6.75. The van der Waals surface area contributed by atoms with Gasteiger partial charge in [0.05, 0.1) is 12.1 Å². The minimum Gasteiger partial charge on any atom is -0.480 e. The molecule has 8 heteroatoms. The van der Waals surface area contributed by atoms with Crippen LogP contribution in [0.25, 0.3) is 0 Å². The van der Waals surface area contributed by atoms with Gasteiger partial charge in [0, 0.05) is 11.3 Å². The quantitative estimate of drug-likeness (QED) is 0.353. The van der Waals surface area contributed by atoms with Crippen molar-refractivity contribution >= 4 is 34.9 Å². The first-order valence-corrected chi connectivity index (χ1v) is 13.5. The van der Waals surface area contributed by atoms with Crippen molar-refractivity contribution in [2.24, 2.45) is 11.0 Å². The van der Waals surface area contributed by atoms with Gasteiger partial charge in [0.2, 0.25) is 0 Å². The molecule has 3 aromatic rings. The van der Waals surface area contributed by atoms with Crippen molar-refractivity contribution in [1.82, 2.24) is 5.32 Å². The Labute approximate surface area is 235 Å². The molecule has 4 rings (SSSR count). The highest BCUT2D eigenvalue weighted by atomic mass is 16.5. The molecule has 8 nitrogen and oxygen atoms in total. The number of rotatable bonds is 9. The number of anilines is 2. The highest BCUT2D eigenvalue weighted by Crippen LogP contribution is 2.29. The Balaban J connectivity index is 1.41. The van der Waals surface area contributed by atoms with Crippen LogP contribution in [0.4, 0.5) is 11.4 Å². The first-order valence-electron chi connectivity index (χ1n) is 13.5. The molecule has 0 fully saturated rings. The van der Waals surface area contributed by atoms with Gasteiger partial charge in [-0.05, 0) is 65.8 Å². The first kappa shape index (κ1) is 28.5. The average Bonchev–Trinajstić information content (AvgIpc) is 3.31. The molecule has 3 amide bonds. The minimum atomic E-state index is -0.731. The van der Waals surface area contributed by atoms with Gasteiger partial charge in [-0.3, -0.25) is 14.4 Å². The van der Waals surface area contributed by atoms with Gasteiger partial charge in [-0.2, -0.15) is 10.1 Å². The molecule has 1 aliphatic heterocycles. The van der Waals surface area contributed by atoms with Crippen molar-refractivity contribution in [3.63, 3.8) is 0 Å². The molecule has 0 radical (unpaired) electrons. The number of amidine groups is 1. The maximum atomic E-state index is 13.2. The molecule has 0 spiro atoms. The minimum absolute atomic E-state index is 0.0125. The van der Waals surface area contributed by atoms with Crippen molar-refractivity contribution in [2.45, 2.75) is 59.0 Å². The van der Waals surface area contributed by atoms with Gasteiger partial charge in [-0.25, -0.2) is 0 Å². The summed E-state index contributed by atoms with van der Waals surface area (Å²) < 4.78 is 6.09. The Kier molecular flexibility index (Phi) is 8.67. The zero-order chi connectivity index (χ0) is 28.9. The summed E-state index contributed by atoms with van der Waals surface area (Å²) in [5, 5.41) is 11.1. The van der Waals surface area contributed by atoms with Crippen molar-refractivity contribution < 1.29 is 19.1 Å². The number of carbonyl (C=O) groups excluding carboxylic acids is 3. The van der Waals surface area contributed by atoms with Crippen LogP contribution in [0.2, 0.25) is 0 Å². The molecule has 2 N–H and O–H groups in total. The number of nitrogens with zero attached hydrogens (tertiary/aromatic N) is 2. The van der Waals surface area contributed by atoms with E-state index in [0.29, 0.717) is 22.7 Å². The third-order valence-electron chi connectivity index (χ3n) is 7.07. The fourth-order valence-electron chi connectivity index (χ4n) is 4.25. The van der Waals surface area contributed by atoms with Crippen LogP contribution in [0, 0.1) is 5.92 Å². The topological polar surface area (TPSA) is 100 Å². The van der Waals surface area contributed by atoms with Gasteiger partial charge in [0.25, 0.3) is 17.7 Å². The molecule has 0 saturated carbocycles. The Morgan fingerprint density at radius 2 is 1.68 bits per heavy atom. The average molecular weight is 541 g/mol. The van der Waals surface area contributed by atoms with Crippen LogP contribution in [0.1, 0.15) is 63.4 Å². The summed E-state index contributed by atoms with van der Waals surface area (Å²) >= 11 is 0. The first-order chi connectivity index (χ1) is 19.1. The van der Waals surface area contributed by atoms with E-state index >= 15 is 0 Å². The Morgan fingerprint density at radius 1 is 0.975 bits per heavy atom. The molecule has 0 saturated heterocycles. The SMILES string of the molecule is CCC(C)(C)c1ccc(O[C@@H](C(=O)Nc2cccc(C(=O)NC3=NN(c4ccccc4)C(=O)C3)c2)C(C)C)cc1. The van der Waals surface area contributed by atoms with Crippen LogP contribution < -0.4 is 20.4 Å². The molecule has 40 heavy (non-hydrogen) atoms. The lowest BCUT2D eigenvalue weighted by Crippen LogP contribution is -2.37. The van der Waals surface area contributed by atoms with Gasteiger partial charge < -0.3 is 15.4 Å².